The fraction of sp³-hybridized carbons (Fsp3) is 0.140. The standard InChI is InChI=1S/C14H13ClN2O3.C14H11ClN2O2.C8H9ClO.C7H8ClNO.C7H8O2.Cl2OS.ClH/c1-20-11-3-5-14(12(15)7-11)17-16-13-4-2-10(19)6-9(13)8-18;1-19-11-3-5-14(12(15)7-11)17-8-9-6-10(18)2-4-13(9)16-17;1-6-3-4-7(10-2)5-8(6)9;1-10-5-2-3-7(9)6(8)4-5;8-5-6-2-1-3-7(9)4-6;1-4(2)3;/h2-7,18-19H,8H2,1H3;2-8,18H,1H3;3-5H,1-2H3;2-4H,9H2,1H3;1-4,8-9H,5H2;;1H. The van der Waals surface area contributed by atoms with Crippen LogP contribution in [0.3, 0.4) is 0 Å². The van der Waals surface area contributed by atoms with Gasteiger partial charge >= 0.3 is 0 Å². The third-order valence-corrected chi connectivity index (χ3v) is 10.6. The third kappa shape index (κ3) is 22.0. The minimum atomic E-state index is -1.67. The van der Waals surface area contributed by atoms with E-state index in [0.717, 1.165) is 44.2 Å². The first-order chi connectivity index (χ1) is 34.3. The first-order valence-corrected chi connectivity index (χ1v) is 24.9. The monoisotopic (exact) mass is 1160 g/mol. The average molecular weight is 1160 g/mol. The van der Waals surface area contributed by atoms with E-state index >= 15 is 0 Å². The lowest BCUT2D eigenvalue weighted by Crippen LogP contribution is -1.95. The number of aryl methyl sites for hydroxylation is 1. The second-order valence-corrected chi connectivity index (χ2v) is 18.3. The first-order valence-electron chi connectivity index (χ1n) is 20.6. The van der Waals surface area contributed by atoms with Crippen molar-refractivity contribution in [3.05, 3.63) is 176 Å². The summed E-state index contributed by atoms with van der Waals surface area (Å²) >= 11 is 23.8. The highest BCUT2D eigenvalue weighted by Gasteiger charge is 2.09. The second kappa shape index (κ2) is 33.0. The minimum Gasteiger partial charge on any atom is -0.508 e. The summed E-state index contributed by atoms with van der Waals surface area (Å²) in [6, 6.07) is 37.3. The van der Waals surface area contributed by atoms with Crippen LogP contribution in [0.25, 0.3) is 16.6 Å². The number of hydrogen-bond acceptors (Lipinski definition) is 14. The van der Waals surface area contributed by atoms with E-state index in [4.69, 9.17) is 85.5 Å². The van der Waals surface area contributed by atoms with Crippen molar-refractivity contribution in [2.45, 2.75) is 20.1 Å². The molecule has 1 aromatic heterocycles. The Labute approximate surface area is 459 Å². The van der Waals surface area contributed by atoms with Crippen LogP contribution in [-0.4, -0.2) is 68.0 Å². The smallest absolute Gasteiger partial charge is 0.211 e. The molecule has 390 valence electrons. The number of azo groups is 1. The molecular weight excluding hydrogens is 1110 g/mol. The number of ether oxygens (including phenoxy) is 4. The lowest BCUT2D eigenvalue weighted by Gasteiger charge is -2.06. The van der Waals surface area contributed by atoms with Gasteiger partial charge in [-0.1, -0.05) is 64.6 Å². The largest absolute Gasteiger partial charge is 0.508 e. The second-order valence-electron chi connectivity index (χ2n) is 14.1. The van der Waals surface area contributed by atoms with Crippen molar-refractivity contribution in [1.82, 2.24) is 9.78 Å². The Morgan fingerprint density at radius 3 is 1.60 bits per heavy atom. The van der Waals surface area contributed by atoms with Gasteiger partial charge in [-0.3, -0.25) is 0 Å². The van der Waals surface area contributed by atoms with Crippen LogP contribution in [0.1, 0.15) is 16.7 Å². The Morgan fingerprint density at radius 2 is 1.08 bits per heavy atom. The molecule has 0 saturated carbocycles. The van der Waals surface area contributed by atoms with E-state index in [-0.39, 0.29) is 42.9 Å². The Bertz CT molecular complexity index is 2990. The number of nitrogens with two attached hydrogens (primary N) is 1. The molecule has 23 heteroatoms. The van der Waals surface area contributed by atoms with Crippen LogP contribution in [0.4, 0.5) is 17.1 Å². The van der Waals surface area contributed by atoms with Crippen molar-refractivity contribution in [1.29, 1.82) is 0 Å². The highest BCUT2D eigenvalue weighted by Crippen LogP contribution is 2.32. The van der Waals surface area contributed by atoms with Crippen molar-refractivity contribution in [3.63, 3.8) is 0 Å². The van der Waals surface area contributed by atoms with E-state index in [1.54, 1.807) is 124 Å². The number of rotatable bonds is 9. The molecule has 0 aliphatic rings. The van der Waals surface area contributed by atoms with Gasteiger partial charge in [0.2, 0.25) is 9.23 Å². The molecule has 0 amide bonds. The fourth-order valence-electron chi connectivity index (χ4n) is 5.53. The summed E-state index contributed by atoms with van der Waals surface area (Å²) in [5, 5.41) is 61.0. The number of benzene rings is 7. The number of aliphatic hydroxyl groups excluding tert-OH is 2. The molecule has 15 nitrogen and oxygen atoms in total. The number of halogens is 7. The van der Waals surface area contributed by atoms with Crippen LogP contribution >= 0.6 is 80.2 Å². The van der Waals surface area contributed by atoms with Crippen molar-refractivity contribution in [3.8, 4) is 45.9 Å². The molecule has 1 heterocycles. The van der Waals surface area contributed by atoms with Gasteiger partial charge in [0, 0.05) is 61.7 Å². The summed E-state index contributed by atoms with van der Waals surface area (Å²) < 4.78 is 30.8. The van der Waals surface area contributed by atoms with Gasteiger partial charge in [-0.15, -0.1) is 17.5 Å². The quantitative estimate of drug-likeness (QED) is 0.0451. The third-order valence-electron chi connectivity index (χ3n) is 9.22. The molecular formula is C50H50Cl7N5O10S. The summed E-state index contributed by atoms with van der Waals surface area (Å²) in [5.74, 6) is 3.33. The minimum absolute atomic E-state index is 0. The first kappa shape index (κ1) is 63.2. The van der Waals surface area contributed by atoms with Crippen LogP contribution in [0.5, 0.6) is 40.2 Å². The summed E-state index contributed by atoms with van der Waals surface area (Å²) in [5.41, 5.74) is 10.8. The molecule has 73 heavy (non-hydrogen) atoms. The van der Waals surface area contributed by atoms with Crippen molar-refractivity contribution in [2.75, 3.05) is 34.2 Å². The van der Waals surface area contributed by atoms with Crippen LogP contribution in [0.15, 0.2) is 150 Å². The molecule has 0 atom stereocenters. The van der Waals surface area contributed by atoms with Gasteiger partial charge in [-0.2, -0.15) is 10.2 Å². The number of fused-ring (bicyclic) bond motifs is 1. The number of anilines is 1. The number of hydrogen-bond donors (Lipinski definition) is 6. The number of phenolic OH excluding ortho intramolecular Hbond substituents is 3. The van der Waals surface area contributed by atoms with Crippen molar-refractivity contribution in [2.24, 2.45) is 10.2 Å². The van der Waals surface area contributed by atoms with Crippen molar-refractivity contribution < 1.29 is 48.7 Å². The average Bonchev–Trinajstić information content (AvgIpc) is 3.79. The Morgan fingerprint density at radius 1 is 0.589 bits per heavy atom. The van der Waals surface area contributed by atoms with E-state index in [1.165, 1.54) is 18.2 Å². The normalized spacial score (nSPS) is 10.1. The zero-order valence-electron chi connectivity index (χ0n) is 39.4. The van der Waals surface area contributed by atoms with E-state index in [9.17, 15) is 15.3 Å². The van der Waals surface area contributed by atoms with Gasteiger partial charge in [0.25, 0.3) is 0 Å². The number of nitrogens with zero attached hydrogens (tertiary/aromatic N) is 4. The summed E-state index contributed by atoms with van der Waals surface area (Å²) in [4.78, 5) is 0. The van der Waals surface area contributed by atoms with Crippen LogP contribution < -0.4 is 24.7 Å². The number of aromatic hydroxyl groups is 3. The fourth-order valence-corrected chi connectivity index (χ4v) is 6.33. The molecule has 0 spiro atoms. The number of phenols is 3. The van der Waals surface area contributed by atoms with E-state index in [2.05, 4.69) is 36.7 Å². The predicted molar refractivity (Wildman–Crippen MR) is 297 cm³/mol. The molecule has 8 aromatic rings. The summed E-state index contributed by atoms with van der Waals surface area (Å²) in [7, 11) is 13.7. The van der Waals surface area contributed by atoms with Crippen LogP contribution in [0, 0.1) is 6.92 Å². The number of methoxy groups -OCH3 is 4. The molecule has 0 aliphatic heterocycles. The molecule has 0 saturated heterocycles. The van der Waals surface area contributed by atoms with E-state index in [1.807, 2.05) is 37.4 Å². The highest BCUT2D eigenvalue weighted by atomic mass is 36.0. The molecule has 0 unspecified atom stereocenters. The maximum atomic E-state index is 9.45. The van der Waals surface area contributed by atoms with Gasteiger partial charge < -0.3 is 50.2 Å². The van der Waals surface area contributed by atoms with Gasteiger partial charge in [0.15, 0.2) is 0 Å². The van der Waals surface area contributed by atoms with Gasteiger partial charge in [0.05, 0.1) is 79.3 Å². The number of nitrogen functional groups attached to an aromatic ring is 1. The number of aromatic nitrogens is 2. The van der Waals surface area contributed by atoms with Crippen molar-refractivity contribution >= 4 is 117 Å². The van der Waals surface area contributed by atoms with Crippen LogP contribution in [0.2, 0.25) is 20.1 Å². The van der Waals surface area contributed by atoms with Gasteiger partial charge in [0.1, 0.15) is 45.9 Å². The van der Waals surface area contributed by atoms with E-state index in [0.29, 0.717) is 49.2 Å². The SMILES string of the molecule is COc1ccc(-n2cc3cc(O)ccc3n2)c(Cl)c1.COc1ccc(C)c(Cl)c1.COc1ccc(N)c(Cl)c1.COc1ccc(N=Nc2ccc(O)cc2CO)c(Cl)c1.Cl.O=S(Cl)Cl.OCc1cccc(O)c1. The number of aliphatic hydroxyl groups is 2. The Hall–Kier alpha value is -5.89. The zero-order valence-corrected chi connectivity index (χ0v) is 45.6. The molecule has 8 rings (SSSR count). The van der Waals surface area contributed by atoms with Crippen LogP contribution in [-0.2, 0) is 22.4 Å². The highest BCUT2D eigenvalue weighted by molar-refractivity contribution is 8.26. The Kier molecular flexibility index (Phi) is 28.6. The van der Waals surface area contributed by atoms with Gasteiger partial charge in [-0.25, -0.2) is 8.89 Å². The molecule has 0 bridgehead atoms. The van der Waals surface area contributed by atoms with Gasteiger partial charge in [-0.05, 0) is 115 Å². The summed E-state index contributed by atoms with van der Waals surface area (Å²) in [6.45, 7) is 1.70. The molecule has 0 radical (unpaired) electrons. The van der Waals surface area contributed by atoms with E-state index < -0.39 is 9.23 Å². The predicted octanol–water partition coefficient (Wildman–Crippen LogP) is 14.3. The maximum absolute atomic E-state index is 9.45. The Balaban J connectivity index is 0.000000317. The topological polar surface area (TPSA) is 224 Å². The lowest BCUT2D eigenvalue weighted by atomic mass is 10.2. The lowest BCUT2D eigenvalue weighted by molar-refractivity contribution is 0.281. The molecule has 0 aliphatic carbocycles. The maximum Gasteiger partial charge on any atom is 0.211 e. The zero-order chi connectivity index (χ0) is 53.3. The summed E-state index contributed by atoms with van der Waals surface area (Å²) in [6.07, 6.45) is 1.82. The molecule has 7 N–H and O–H groups in total. The molecule has 0 fully saturated rings. The molecule has 7 aromatic carbocycles.